The van der Waals surface area contributed by atoms with Crippen molar-refractivity contribution >= 4 is 21.9 Å². The van der Waals surface area contributed by atoms with Crippen LogP contribution in [0.15, 0.2) is 114 Å². The summed E-state index contributed by atoms with van der Waals surface area (Å²) in [5.41, 5.74) is 11.6. The van der Waals surface area contributed by atoms with Crippen LogP contribution in [-0.4, -0.2) is 15.0 Å². The van der Waals surface area contributed by atoms with Crippen LogP contribution in [0.3, 0.4) is 0 Å². The molecule has 0 bridgehead atoms. The minimum absolute atomic E-state index is 0. The number of aromatic nitrogens is 3. The van der Waals surface area contributed by atoms with Gasteiger partial charge in [-0.3, -0.25) is 0 Å². The van der Waals surface area contributed by atoms with Gasteiger partial charge in [-0.2, -0.15) is 0 Å². The number of nitrogens with zero attached hydrogens (tertiary/aromatic N) is 3. The number of furan rings is 1. The maximum Gasteiger partial charge on any atom is 0.151 e. The third-order valence-corrected chi connectivity index (χ3v) is 7.03. The van der Waals surface area contributed by atoms with Gasteiger partial charge < -0.3 is 19.4 Å². The van der Waals surface area contributed by atoms with Gasteiger partial charge in [0, 0.05) is 37.1 Å². The van der Waals surface area contributed by atoms with E-state index in [4.69, 9.17) is 4.42 Å². The molecule has 5 heteroatoms. The van der Waals surface area contributed by atoms with E-state index in [0.29, 0.717) is 0 Å². The van der Waals surface area contributed by atoms with E-state index >= 15 is 0 Å². The Morgan fingerprint density at radius 1 is 0.634 bits per heavy atom. The fourth-order valence-corrected chi connectivity index (χ4v) is 4.66. The Bertz CT molecular complexity index is 1930. The van der Waals surface area contributed by atoms with Crippen LogP contribution in [0.4, 0.5) is 0 Å². The Hall–Kier alpha value is -4.44. The molecule has 0 aliphatic heterocycles. The Kier molecular flexibility index (Phi) is 8.49. The van der Waals surface area contributed by atoms with Gasteiger partial charge in [-0.15, -0.1) is 47.0 Å². The van der Waals surface area contributed by atoms with Gasteiger partial charge in [-0.1, -0.05) is 91.1 Å². The first-order chi connectivity index (χ1) is 19.6. The predicted octanol–water partition coefficient (Wildman–Crippen LogP) is 8.98. The Morgan fingerprint density at radius 2 is 1.39 bits per heavy atom. The van der Waals surface area contributed by atoms with Crippen LogP contribution in [-0.2, 0) is 20.1 Å². The maximum atomic E-state index is 5.75. The summed E-state index contributed by atoms with van der Waals surface area (Å²) in [6.07, 6.45) is 7.15. The number of hydrogen-bond acceptors (Lipinski definition) is 4. The van der Waals surface area contributed by atoms with E-state index in [-0.39, 0.29) is 20.1 Å². The molecule has 0 atom stereocenters. The van der Waals surface area contributed by atoms with Gasteiger partial charge in [-0.25, -0.2) is 0 Å². The van der Waals surface area contributed by atoms with Crippen molar-refractivity contribution in [3.05, 3.63) is 139 Å². The van der Waals surface area contributed by atoms with Crippen molar-refractivity contribution in [3.8, 4) is 33.6 Å². The second-order valence-electron chi connectivity index (χ2n) is 9.78. The fraction of sp³-hybridized carbons (Fsp3) is 0.0833. The zero-order valence-electron chi connectivity index (χ0n) is 23.0. The number of pyridine rings is 3. The first kappa shape index (κ1) is 28.1. The monoisotopic (exact) mass is 710 g/mol. The number of fused-ring (bicyclic) bond motifs is 3. The molecule has 0 amide bonds. The second-order valence-corrected chi connectivity index (χ2v) is 9.78. The third-order valence-electron chi connectivity index (χ3n) is 7.03. The Balaban J connectivity index is 0.000000161. The minimum atomic E-state index is 0. The summed E-state index contributed by atoms with van der Waals surface area (Å²) < 4.78 is 5.75. The van der Waals surface area contributed by atoms with Crippen molar-refractivity contribution in [2.75, 3.05) is 0 Å². The Labute approximate surface area is 253 Å². The molecule has 4 aromatic heterocycles. The number of benzene rings is 3. The molecule has 0 aliphatic rings. The van der Waals surface area contributed by atoms with Gasteiger partial charge in [0.15, 0.2) is 5.58 Å². The molecule has 4 nitrogen and oxygen atoms in total. The molecule has 0 N–H and O–H groups in total. The molecule has 0 spiro atoms. The summed E-state index contributed by atoms with van der Waals surface area (Å²) in [6.45, 7) is 6.32. The SMILES string of the molecule is Cc1cnc(-c2[c-]cc(C)c(-c3ccccc3)c2)cc1C.[Ir].[c-]1ccncc1-c1cc2c(cn1)oc1ccccc12. The standard InChI is InChI=1S/C20H18N.C16H9N2O.Ir/c1-14-9-10-18(20-11-15(2)16(3)13-21-20)12-19(14)17-7-5-4-6-8-17;1-2-6-15-12(5-1)13-8-14(18-10-16(13)19-15)11-4-3-7-17-9-11;/h4-9,11-13H,1-3H3;1-3,5-10H;/q2*-1;. The zero-order chi connectivity index (χ0) is 27.5. The molecule has 7 rings (SSSR count). The third kappa shape index (κ3) is 6.02. The Morgan fingerprint density at radius 3 is 2.17 bits per heavy atom. The van der Waals surface area contributed by atoms with Gasteiger partial charge in [0.2, 0.25) is 0 Å². The largest absolute Gasteiger partial charge is 0.455 e. The number of rotatable bonds is 3. The molecule has 0 saturated heterocycles. The maximum absolute atomic E-state index is 5.75. The summed E-state index contributed by atoms with van der Waals surface area (Å²) in [4.78, 5) is 13.0. The van der Waals surface area contributed by atoms with E-state index in [1.54, 1.807) is 24.7 Å². The molecule has 0 aliphatic carbocycles. The summed E-state index contributed by atoms with van der Waals surface area (Å²) in [7, 11) is 0. The van der Waals surface area contributed by atoms with Crippen molar-refractivity contribution in [1.29, 1.82) is 0 Å². The zero-order valence-corrected chi connectivity index (χ0v) is 25.4. The van der Waals surface area contributed by atoms with E-state index in [0.717, 1.165) is 44.5 Å². The van der Waals surface area contributed by atoms with E-state index in [2.05, 4.69) is 96.4 Å². The van der Waals surface area contributed by atoms with Gasteiger partial charge in [-0.05, 0) is 42.4 Å². The molecule has 0 fully saturated rings. The molecule has 0 saturated carbocycles. The van der Waals surface area contributed by atoms with Crippen LogP contribution in [0, 0.1) is 32.9 Å². The number of para-hydroxylation sites is 1. The fourth-order valence-electron chi connectivity index (χ4n) is 4.66. The summed E-state index contributed by atoms with van der Waals surface area (Å²) in [6, 6.07) is 35.1. The predicted molar refractivity (Wildman–Crippen MR) is 162 cm³/mol. The van der Waals surface area contributed by atoms with Crippen molar-refractivity contribution in [3.63, 3.8) is 0 Å². The first-order valence-corrected chi connectivity index (χ1v) is 13.2. The van der Waals surface area contributed by atoms with Gasteiger partial charge in [0.1, 0.15) is 5.58 Å². The van der Waals surface area contributed by atoms with E-state index < -0.39 is 0 Å². The quantitative estimate of drug-likeness (QED) is 0.172. The normalized spacial score (nSPS) is 10.6. The van der Waals surface area contributed by atoms with Crippen LogP contribution in [0.1, 0.15) is 16.7 Å². The average Bonchev–Trinajstić information content (AvgIpc) is 3.38. The van der Waals surface area contributed by atoms with E-state index in [1.165, 1.54) is 27.8 Å². The van der Waals surface area contributed by atoms with Gasteiger partial charge in [0.25, 0.3) is 0 Å². The smallest absolute Gasteiger partial charge is 0.151 e. The van der Waals surface area contributed by atoms with Gasteiger partial charge >= 0.3 is 0 Å². The van der Waals surface area contributed by atoms with E-state index in [9.17, 15) is 0 Å². The van der Waals surface area contributed by atoms with Crippen LogP contribution in [0.25, 0.3) is 55.6 Å². The molecule has 1 radical (unpaired) electrons. The van der Waals surface area contributed by atoms with Crippen molar-refractivity contribution in [1.82, 2.24) is 15.0 Å². The van der Waals surface area contributed by atoms with E-state index in [1.807, 2.05) is 36.5 Å². The van der Waals surface area contributed by atoms with Crippen molar-refractivity contribution < 1.29 is 24.5 Å². The topological polar surface area (TPSA) is 51.8 Å². The molecular formula is C36H27IrN3O-2. The van der Waals surface area contributed by atoms with Crippen LogP contribution >= 0.6 is 0 Å². The summed E-state index contributed by atoms with van der Waals surface area (Å²) in [5, 5.41) is 2.17. The van der Waals surface area contributed by atoms with Gasteiger partial charge in [0.05, 0.1) is 6.20 Å². The molecule has 3 aromatic carbocycles. The number of hydrogen-bond donors (Lipinski definition) is 0. The first-order valence-electron chi connectivity index (χ1n) is 13.2. The minimum Gasteiger partial charge on any atom is -0.455 e. The van der Waals surface area contributed by atoms with Crippen molar-refractivity contribution in [2.45, 2.75) is 20.8 Å². The van der Waals surface area contributed by atoms with Crippen LogP contribution in [0.5, 0.6) is 0 Å². The molecule has 41 heavy (non-hydrogen) atoms. The van der Waals surface area contributed by atoms with Crippen LogP contribution < -0.4 is 0 Å². The molecule has 0 unspecified atom stereocenters. The number of aryl methyl sites for hydroxylation is 3. The summed E-state index contributed by atoms with van der Waals surface area (Å²) >= 11 is 0. The van der Waals surface area contributed by atoms with Crippen molar-refractivity contribution in [2.24, 2.45) is 0 Å². The molecule has 7 aromatic rings. The second kappa shape index (κ2) is 12.4. The van der Waals surface area contributed by atoms with Crippen LogP contribution in [0.2, 0.25) is 0 Å². The molecule has 4 heterocycles. The summed E-state index contributed by atoms with van der Waals surface area (Å²) in [5.74, 6) is 0. The molecular weight excluding hydrogens is 683 g/mol. The molecule has 203 valence electrons. The average molecular weight is 710 g/mol.